The predicted octanol–water partition coefficient (Wildman–Crippen LogP) is 3.46. The van der Waals surface area contributed by atoms with Crippen LogP contribution >= 0.6 is 0 Å². The fourth-order valence-electron chi connectivity index (χ4n) is 1.64. The van der Waals surface area contributed by atoms with Crippen LogP contribution in [-0.4, -0.2) is 17.7 Å². The van der Waals surface area contributed by atoms with Gasteiger partial charge in [0.2, 0.25) is 0 Å². The monoisotopic (exact) mass is 301 g/mol. The summed E-state index contributed by atoms with van der Waals surface area (Å²) in [6.07, 6.45) is -4.28. The number of hydrogen-bond acceptors (Lipinski definition) is 3. The highest BCUT2D eigenvalue weighted by molar-refractivity contribution is 5.66. The molecule has 0 heterocycles. The van der Waals surface area contributed by atoms with Crippen molar-refractivity contribution in [2.75, 3.05) is 6.61 Å². The van der Waals surface area contributed by atoms with Crippen LogP contribution in [-0.2, 0) is 11.0 Å². The SMILES string of the molecule is CC(CCC(=O)O)COc1ccc(C#N)c(C(F)(F)F)c1. The van der Waals surface area contributed by atoms with Crippen molar-refractivity contribution >= 4 is 5.97 Å². The minimum absolute atomic E-state index is 0.00324. The molecule has 7 heteroatoms. The molecule has 0 aliphatic heterocycles. The minimum atomic E-state index is -4.63. The number of halogens is 3. The predicted molar refractivity (Wildman–Crippen MR) is 67.7 cm³/mol. The van der Waals surface area contributed by atoms with Crippen molar-refractivity contribution in [3.05, 3.63) is 29.3 Å². The van der Waals surface area contributed by atoms with Gasteiger partial charge in [-0.25, -0.2) is 0 Å². The van der Waals surface area contributed by atoms with E-state index in [1.807, 2.05) is 0 Å². The van der Waals surface area contributed by atoms with E-state index in [-0.39, 0.29) is 24.7 Å². The molecule has 0 aliphatic carbocycles. The Labute approximate surface area is 119 Å². The molecule has 0 radical (unpaired) electrons. The maximum atomic E-state index is 12.8. The third-order valence-corrected chi connectivity index (χ3v) is 2.80. The van der Waals surface area contributed by atoms with E-state index < -0.39 is 23.3 Å². The van der Waals surface area contributed by atoms with Gasteiger partial charge >= 0.3 is 12.1 Å². The average Bonchev–Trinajstić information content (AvgIpc) is 2.41. The Morgan fingerprint density at radius 1 is 1.48 bits per heavy atom. The maximum Gasteiger partial charge on any atom is 0.417 e. The van der Waals surface area contributed by atoms with Gasteiger partial charge in [-0.3, -0.25) is 4.79 Å². The fraction of sp³-hybridized carbons (Fsp3) is 0.429. The number of hydrogen-bond donors (Lipinski definition) is 1. The number of benzene rings is 1. The molecule has 1 aromatic rings. The zero-order valence-corrected chi connectivity index (χ0v) is 11.3. The van der Waals surface area contributed by atoms with Crippen molar-refractivity contribution in [1.29, 1.82) is 5.26 Å². The molecule has 0 spiro atoms. The molecule has 0 bridgehead atoms. The zero-order chi connectivity index (χ0) is 16.0. The lowest BCUT2D eigenvalue weighted by molar-refractivity contribution is -0.138. The standard InChI is InChI=1S/C14H14F3NO3/c1-9(2-5-13(19)20)8-21-11-4-3-10(7-18)12(6-11)14(15,16)17/h3-4,6,9H,2,5,8H2,1H3,(H,19,20). The first kappa shape index (κ1) is 16.8. The third kappa shape index (κ3) is 5.34. The number of aliphatic carboxylic acids is 1. The molecule has 1 unspecified atom stereocenters. The van der Waals surface area contributed by atoms with E-state index in [2.05, 4.69) is 0 Å². The Kier molecular flexibility index (Phi) is 5.59. The summed E-state index contributed by atoms with van der Waals surface area (Å²) in [6.45, 7) is 1.85. The van der Waals surface area contributed by atoms with E-state index in [0.717, 1.165) is 12.1 Å². The average molecular weight is 301 g/mol. The largest absolute Gasteiger partial charge is 0.493 e. The van der Waals surface area contributed by atoms with Crippen molar-refractivity contribution in [3.8, 4) is 11.8 Å². The van der Waals surface area contributed by atoms with E-state index >= 15 is 0 Å². The summed E-state index contributed by atoms with van der Waals surface area (Å²) in [4.78, 5) is 10.4. The second-order valence-corrected chi connectivity index (χ2v) is 4.67. The topological polar surface area (TPSA) is 70.3 Å². The Hall–Kier alpha value is -2.23. The van der Waals surface area contributed by atoms with Crippen LogP contribution in [0.5, 0.6) is 5.75 Å². The van der Waals surface area contributed by atoms with Crippen molar-refractivity contribution < 1.29 is 27.8 Å². The van der Waals surface area contributed by atoms with E-state index in [1.54, 1.807) is 6.92 Å². The molecule has 1 aromatic carbocycles. The van der Waals surface area contributed by atoms with Crippen LogP contribution in [0.4, 0.5) is 13.2 Å². The number of rotatable bonds is 6. The highest BCUT2D eigenvalue weighted by Gasteiger charge is 2.34. The van der Waals surface area contributed by atoms with Gasteiger partial charge in [0, 0.05) is 6.42 Å². The highest BCUT2D eigenvalue weighted by atomic mass is 19.4. The summed E-state index contributed by atoms with van der Waals surface area (Å²) in [5.74, 6) is -1.03. The van der Waals surface area contributed by atoms with Crippen LogP contribution in [0.25, 0.3) is 0 Å². The second-order valence-electron chi connectivity index (χ2n) is 4.67. The number of nitriles is 1. The molecule has 1 rings (SSSR count). The Bertz CT molecular complexity index is 549. The molecular formula is C14H14F3NO3. The first-order valence-corrected chi connectivity index (χ1v) is 6.20. The maximum absolute atomic E-state index is 12.8. The van der Waals surface area contributed by atoms with Crippen LogP contribution in [0, 0.1) is 17.2 Å². The number of nitrogens with zero attached hydrogens (tertiary/aromatic N) is 1. The molecule has 1 atom stereocenters. The molecule has 21 heavy (non-hydrogen) atoms. The molecule has 0 saturated heterocycles. The molecule has 0 aliphatic rings. The summed E-state index contributed by atoms with van der Waals surface area (Å²) in [5.41, 5.74) is -1.51. The zero-order valence-electron chi connectivity index (χ0n) is 11.3. The van der Waals surface area contributed by atoms with Crippen LogP contribution in [0.2, 0.25) is 0 Å². The summed E-state index contributed by atoms with van der Waals surface area (Å²) in [6, 6.07) is 4.61. The molecule has 0 aromatic heterocycles. The smallest absolute Gasteiger partial charge is 0.417 e. The lowest BCUT2D eigenvalue weighted by Gasteiger charge is -2.14. The highest BCUT2D eigenvalue weighted by Crippen LogP contribution is 2.34. The van der Waals surface area contributed by atoms with Gasteiger partial charge in [0.15, 0.2) is 0 Å². The van der Waals surface area contributed by atoms with Crippen molar-refractivity contribution in [2.24, 2.45) is 5.92 Å². The van der Waals surface area contributed by atoms with E-state index in [0.29, 0.717) is 6.42 Å². The van der Waals surface area contributed by atoms with Crippen LogP contribution in [0.3, 0.4) is 0 Å². The lowest BCUT2D eigenvalue weighted by Crippen LogP contribution is -2.12. The number of carboxylic acid groups (broad SMARTS) is 1. The third-order valence-electron chi connectivity index (χ3n) is 2.80. The molecule has 0 fully saturated rings. The van der Waals surface area contributed by atoms with Crippen LogP contribution in [0.15, 0.2) is 18.2 Å². The Morgan fingerprint density at radius 3 is 2.67 bits per heavy atom. The summed E-state index contributed by atoms with van der Waals surface area (Å²) in [7, 11) is 0. The van der Waals surface area contributed by atoms with Gasteiger partial charge < -0.3 is 9.84 Å². The quantitative estimate of drug-likeness (QED) is 0.873. The van der Waals surface area contributed by atoms with Gasteiger partial charge in [-0.15, -0.1) is 0 Å². The molecular weight excluding hydrogens is 287 g/mol. The van der Waals surface area contributed by atoms with Gasteiger partial charge in [0.1, 0.15) is 5.75 Å². The molecule has 114 valence electrons. The van der Waals surface area contributed by atoms with Gasteiger partial charge in [-0.05, 0) is 30.5 Å². The summed E-state index contributed by atoms with van der Waals surface area (Å²) >= 11 is 0. The number of ether oxygens (including phenoxy) is 1. The van der Waals surface area contributed by atoms with Gasteiger partial charge in [0.25, 0.3) is 0 Å². The van der Waals surface area contributed by atoms with Crippen molar-refractivity contribution in [3.63, 3.8) is 0 Å². The Balaban J connectivity index is 2.73. The van der Waals surface area contributed by atoms with Crippen LogP contribution < -0.4 is 4.74 Å². The number of alkyl halides is 3. The molecule has 0 amide bonds. The van der Waals surface area contributed by atoms with Gasteiger partial charge in [0.05, 0.1) is 23.8 Å². The molecule has 4 nitrogen and oxygen atoms in total. The first-order chi connectivity index (χ1) is 9.74. The van der Waals surface area contributed by atoms with Crippen molar-refractivity contribution in [1.82, 2.24) is 0 Å². The normalized spacial score (nSPS) is 12.5. The number of carbonyl (C=O) groups is 1. The second kappa shape index (κ2) is 6.97. The van der Waals surface area contributed by atoms with E-state index in [1.165, 1.54) is 12.1 Å². The van der Waals surface area contributed by atoms with Gasteiger partial charge in [-0.2, -0.15) is 18.4 Å². The minimum Gasteiger partial charge on any atom is -0.493 e. The van der Waals surface area contributed by atoms with Gasteiger partial charge in [-0.1, -0.05) is 6.92 Å². The molecule has 0 saturated carbocycles. The van der Waals surface area contributed by atoms with E-state index in [4.69, 9.17) is 15.1 Å². The number of carboxylic acids is 1. The first-order valence-electron chi connectivity index (χ1n) is 6.20. The van der Waals surface area contributed by atoms with E-state index in [9.17, 15) is 18.0 Å². The fourth-order valence-corrected chi connectivity index (χ4v) is 1.64. The molecule has 1 N–H and O–H groups in total. The lowest BCUT2D eigenvalue weighted by atomic mass is 10.1. The van der Waals surface area contributed by atoms with Crippen molar-refractivity contribution in [2.45, 2.75) is 25.9 Å². The summed E-state index contributed by atoms with van der Waals surface area (Å²) < 4.78 is 43.5. The Morgan fingerprint density at radius 2 is 2.14 bits per heavy atom. The van der Waals surface area contributed by atoms with Crippen LogP contribution in [0.1, 0.15) is 30.9 Å². The summed E-state index contributed by atoms with van der Waals surface area (Å²) in [5, 5.41) is 17.2.